The van der Waals surface area contributed by atoms with E-state index in [0.717, 1.165) is 32.1 Å². The molecular weight excluding hydrogens is 264 g/mol. The Morgan fingerprint density at radius 3 is 2.47 bits per heavy atom. The first-order chi connectivity index (χ1) is 8.96. The summed E-state index contributed by atoms with van der Waals surface area (Å²) in [5.41, 5.74) is 0. The molecule has 1 rings (SSSR count). The zero-order valence-corrected chi connectivity index (χ0v) is 13.1. The third-order valence-corrected chi connectivity index (χ3v) is 5.95. The van der Waals surface area contributed by atoms with E-state index in [4.69, 9.17) is 0 Å². The molecular formula is C13H28N2O3S. The summed E-state index contributed by atoms with van der Waals surface area (Å²) >= 11 is 0. The van der Waals surface area contributed by atoms with Crippen molar-refractivity contribution in [2.24, 2.45) is 5.92 Å². The summed E-state index contributed by atoms with van der Waals surface area (Å²) in [6.07, 6.45) is 4.53. The molecule has 0 aliphatic carbocycles. The van der Waals surface area contributed by atoms with Gasteiger partial charge in [-0.1, -0.05) is 33.1 Å². The fraction of sp³-hybridized carbons (Fsp3) is 1.00. The molecule has 0 saturated carbocycles. The van der Waals surface area contributed by atoms with Crippen LogP contribution in [0.5, 0.6) is 0 Å². The Balaban J connectivity index is 2.73. The Bertz CT molecular complexity index is 355. The summed E-state index contributed by atoms with van der Waals surface area (Å²) in [7, 11) is -3.49. The van der Waals surface area contributed by atoms with Crippen LogP contribution >= 0.6 is 0 Å². The highest BCUT2D eigenvalue weighted by atomic mass is 32.2. The van der Waals surface area contributed by atoms with E-state index in [2.05, 4.69) is 18.6 Å². The first-order valence-electron chi connectivity index (χ1n) is 7.36. The highest BCUT2D eigenvalue weighted by Crippen LogP contribution is 2.21. The second kappa shape index (κ2) is 7.57. The lowest BCUT2D eigenvalue weighted by Crippen LogP contribution is -2.53. The van der Waals surface area contributed by atoms with Gasteiger partial charge in [-0.2, -0.15) is 17.4 Å². The Morgan fingerprint density at radius 1 is 1.32 bits per heavy atom. The molecule has 0 aromatic rings. The number of aliphatic hydroxyl groups excluding tert-OH is 1. The third kappa shape index (κ3) is 4.41. The first kappa shape index (κ1) is 16.9. The molecule has 0 spiro atoms. The van der Waals surface area contributed by atoms with Crippen LogP contribution in [0.1, 0.15) is 52.9 Å². The monoisotopic (exact) mass is 292 g/mol. The SMILES string of the molecule is CCC(CC)C(C)NS(=O)(=O)N1CCCCC1CO. The zero-order chi connectivity index (χ0) is 14.5. The van der Waals surface area contributed by atoms with E-state index in [9.17, 15) is 13.5 Å². The lowest BCUT2D eigenvalue weighted by atomic mass is 9.96. The third-order valence-electron chi connectivity index (χ3n) is 4.18. The standard InChI is InChI=1S/C13H28N2O3S/c1-4-12(5-2)11(3)14-19(17,18)15-9-7-6-8-13(15)10-16/h11-14,16H,4-10H2,1-3H3. The van der Waals surface area contributed by atoms with Crippen LogP contribution in [0.15, 0.2) is 0 Å². The van der Waals surface area contributed by atoms with Crippen molar-refractivity contribution < 1.29 is 13.5 Å². The molecule has 5 nitrogen and oxygen atoms in total. The molecule has 114 valence electrons. The Kier molecular flexibility index (Phi) is 6.73. The molecule has 1 aliphatic rings. The molecule has 19 heavy (non-hydrogen) atoms. The van der Waals surface area contributed by atoms with Crippen molar-refractivity contribution >= 4 is 10.2 Å². The van der Waals surface area contributed by atoms with Crippen LogP contribution in [-0.4, -0.2) is 43.1 Å². The maximum absolute atomic E-state index is 12.4. The Labute approximate surface area is 117 Å². The summed E-state index contributed by atoms with van der Waals surface area (Å²) in [6, 6.07) is -0.332. The van der Waals surface area contributed by atoms with Gasteiger partial charge >= 0.3 is 0 Å². The molecule has 0 radical (unpaired) electrons. The Hall–Kier alpha value is -0.170. The van der Waals surface area contributed by atoms with Crippen LogP contribution in [-0.2, 0) is 10.2 Å². The van der Waals surface area contributed by atoms with Gasteiger partial charge in [-0.25, -0.2) is 0 Å². The van der Waals surface area contributed by atoms with E-state index in [1.165, 1.54) is 4.31 Å². The van der Waals surface area contributed by atoms with Gasteiger partial charge in [0.25, 0.3) is 10.2 Å². The summed E-state index contributed by atoms with van der Waals surface area (Å²) < 4.78 is 29.0. The molecule has 2 atom stereocenters. The van der Waals surface area contributed by atoms with E-state index < -0.39 is 10.2 Å². The number of hydrogen-bond donors (Lipinski definition) is 2. The van der Waals surface area contributed by atoms with Gasteiger partial charge in [-0.05, 0) is 25.7 Å². The van der Waals surface area contributed by atoms with Gasteiger partial charge in [0, 0.05) is 18.6 Å². The van der Waals surface area contributed by atoms with Gasteiger partial charge in [-0.15, -0.1) is 0 Å². The fourth-order valence-electron chi connectivity index (χ4n) is 2.87. The molecule has 6 heteroatoms. The van der Waals surface area contributed by atoms with Crippen LogP contribution in [0, 0.1) is 5.92 Å². The van der Waals surface area contributed by atoms with E-state index in [1.54, 1.807) is 0 Å². The number of nitrogens with zero attached hydrogens (tertiary/aromatic N) is 1. The highest BCUT2D eigenvalue weighted by Gasteiger charge is 2.33. The van der Waals surface area contributed by atoms with E-state index >= 15 is 0 Å². The number of nitrogens with one attached hydrogen (secondary N) is 1. The number of hydrogen-bond acceptors (Lipinski definition) is 3. The Morgan fingerprint density at radius 2 is 1.95 bits per heavy atom. The van der Waals surface area contributed by atoms with E-state index in [-0.39, 0.29) is 18.7 Å². The van der Waals surface area contributed by atoms with Gasteiger partial charge in [0.2, 0.25) is 0 Å². The largest absolute Gasteiger partial charge is 0.395 e. The zero-order valence-electron chi connectivity index (χ0n) is 12.3. The maximum atomic E-state index is 12.4. The molecule has 1 saturated heterocycles. The minimum Gasteiger partial charge on any atom is -0.395 e. The van der Waals surface area contributed by atoms with Crippen molar-refractivity contribution in [1.29, 1.82) is 0 Å². The fourth-order valence-corrected chi connectivity index (χ4v) is 4.60. The van der Waals surface area contributed by atoms with Gasteiger partial charge in [0.15, 0.2) is 0 Å². The van der Waals surface area contributed by atoms with E-state index in [1.807, 2.05) is 6.92 Å². The second-order valence-electron chi connectivity index (χ2n) is 5.43. The quantitative estimate of drug-likeness (QED) is 0.747. The van der Waals surface area contributed by atoms with Gasteiger partial charge in [0.1, 0.15) is 0 Å². The molecule has 2 N–H and O–H groups in total. The van der Waals surface area contributed by atoms with Crippen LogP contribution in [0.25, 0.3) is 0 Å². The maximum Gasteiger partial charge on any atom is 0.280 e. The number of piperidine rings is 1. The van der Waals surface area contributed by atoms with Crippen LogP contribution in [0.3, 0.4) is 0 Å². The summed E-state index contributed by atoms with van der Waals surface area (Å²) in [5.74, 6) is 0.354. The van der Waals surface area contributed by atoms with Crippen molar-refractivity contribution in [3.8, 4) is 0 Å². The minimum atomic E-state index is -3.49. The summed E-state index contributed by atoms with van der Waals surface area (Å²) in [5, 5.41) is 9.33. The molecule has 2 unspecified atom stereocenters. The lowest BCUT2D eigenvalue weighted by molar-refractivity contribution is 0.153. The lowest BCUT2D eigenvalue weighted by Gasteiger charge is -2.35. The first-order valence-corrected chi connectivity index (χ1v) is 8.80. The van der Waals surface area contributed by atoms with Crippen LogP contribution < -0.4 is 4.72 Å². The van der Waals surface area contributed by atoms with Crippen molar-refractivity contribution in [2.75, 3.05) is 13.2 Å². The molecule has 1 heterocycles. The molecule has 1 aliphatic heterocycles. The number of rotatable bonds is 7. The van der Waals surface area contributed by atoms with Crippen molar-refractivity contribution in [3.05, 3.63) is 0 Å². The minimum absolute atomic E-state index is 0.0683. The van der Waals surface area contributed by atoms with Gasteiger partial charge < -0.3 is 5.11 Å². The smallest absolute Gasteiger partial charge is 0.280 e. The molecule has 0 amide bonds. The summed E-state index contributed by atoms with van der Waals surface area (Å²) in [4.78, 5) is 0. The summed E-state index contributed by atoms with van der Waals surface area (Å²) in [6.45, 7) is 6.50. The van der Waals surface area contributed by atoms with E-state index in [0.29, 0.717) is 12.5 Å². The van der Waals surface area contributed by atoms with Crippen molar-refractivity contribution in [1.82, 2.24) is 9.03 Å². The topological polar surface area (TPSA) is 69.6 Å². The predicted octanol–water partition coefficient (Wildman–Crippen LogP) is 1.49. The average Bonchev–Trinajstić information content (AvgIpc) is 2.39. The average molecular weight is 292 g/mol. The molecule has 1 fully saturated rings. The van der Waals surface area contributed by atoms with Crippen LogP contribution in [0.2, 0.25) is 0 Å². The predicted molar refractivity (Wildman–Crippen MR) is 77.0 cm³/mol. The van der Waals surface area contributed by atoms with Gasteiger partial charge in [0.05, 0.1) is 6.61 Å². The van der Waals surface area contributed by atoms with Crippen molar-refractivity contribution in [3.63, 3.8) is 0 Å². The molecule has 0 bridgehead atoms. The van der Waals surface area contributed by atoms with Gasteiger partial charge in [-0.3, -0.25) is 0 Å². The number of aliphatic hydroxyl groups is 1. The molecule has 0 aromatic heterocycles. The molecule has 0 aromatic carbocycles. The normalized spacial score (nSPS) is 23.7. The highest BCUT2D eigenvalue weighted by molar-refractivity contribution is 7.87. The van der Waals surface area contributed by atoms with Crippen LogP contribution in [0.4, 0.5) is 0 Å². The second-order valence-corrected chi connectivity index (χ2v) is 7.09. The van der Waals surface area contributed by atoms with Crippen molar-refractivity contribution in [2.45, 2.75) is 65.0 Å².